The Hall–Kier alpha value is -2.58. The van der Waals surface area contributed by atoms with Crippen molar-refractivity contribution in [3.8, 4) is 11.8 Å². The lowest BCUT2D eigenvalue weighted by atomic mass is 9.94. The van der Waals surface area contributed by atoms with Crippen molar-refractivity contribution in [2.75, 3.05) is 13.2 Å². The van der Waals surface area contributed by atoms with E-state index in [1.54, 1.807) is 32.0 Å². The molecular formula is C21H19BrO4. The SMILES string of the molecule is CCOC(=O)C(C(=O)OCC)c1ccccc1C#Cc1ccc(Br)cc1. The van der Waals surface area contributed by atoms with Crippen LogP contribution in [0.5, 0.6) is 0 Å². The molecule has 0 aromatic heterocycles. The Kier molecular flexibility index (Phi) is 7.43. The van der Waals surface area contributed by atoms with Gasteiger partial charge in [0.1, 0.15) is 0 Å². The fraction of sp³-hybridized carbons (Fsp3) is 0.238. The van der Waals surface area contributed by atoms with Gasteiger partial charge in [-0.3, -0.25) is 9.59 Å². The third kappa shape index (κ3) is 5.21. The number of hydrogen-bond donors (Lipinski definition) is 0. The molecule has 0 saturated carbocycles. The Bertz CT molecular complexity index is 813. The predicted molar refractivity (Wildman–Crippen MR) is 103 cm³/mol. The number of ether oxygens (including phenoxy) is 2. The van der Waals surface area contributed by atoms with Gasteiger partial charge < -0.3 is 9.47 Å². The van der Waals surface area contributed by atoms with Gasteiger partial charge in [-0.15, -0.1) is 0 Å². The van der Waals surface area contributed by atoms with Crippen LogP contribution in [0.25, 0.3) is 0 Å². The minimum absolute atomic E-state index is 0.182. The van der Waals surface area contributed by atoms with Gasteiger partial charge in [-0.25, -0.2) is 0 Å². The molecule has 5 heteroatoms. The molecule has 4 nitrogen and oxygen atoms in total. The lowest BCUT2D eigenvalue weighted by Gasteiger charge is -2.16. The van der Waals surface area contributed by atoms with E-state index in [0.717, 1.165) is 10.0 Å². The van der Waals surface area contributed by atoms with Crippen LogP contribution in [-0.2, 0) is 19.1 Å². The molecule has 0 aliphatic carbocycles. The molecule has 2 aromatic carbocycles. The number of carbonyl (C=O) groups is 2. The molecule has 0 N–H and O–H groups in total. The molecular weight excluding hydrogens is 396 g/mol. The molecule has 0 heterocycles. The molecule has 0 aliphatic rings. The zero-order valence-electron chi connectivity index (χ0n) is 14.6. The lowest BCUT2D eigenvalue weighted by molar-refractivity contribution is -0.156. The quantitative estimate of drug-likeness (QED) is 0.420. The highest BCUT2D eigenvalue weighted by Crippen LogP contribution is 2.23. The smallest absolute Gasteiger partial charge is 0.324 e. The van der Waals surface area contributed by atoms with Crippen molar-refractivity contribution >= 4 is 27.9 Å². The van der Waals surface area contributed by atoms with Gasteiger partial charge >= 0.3 is 11.9 Å². The van der Waals surface area contributed by atoms with E-state index in [0.29, 0.717) is 11.1 Å². The van der Waals surface area contributed by atoms with E-state index in [1.807, 2.05) is 30.3 Å². The van der Waals surface area contributed by atoms with Crippen molar-refractivity contribution in [3.05, 3.63) is 69.7 Å². The van der Waals surface area contributed by atoms with E-state index < -0.39 is 17.9 Å². The average molecular weight is 415 g/mol. The molecule has 0 saturated heterocycles. The monoisotopic (exact) mass is 414 g/mol. The summed E-state index contributed by atoms with van der Waals surface area (Å²) < 4.78 is 11.1. The summed E-state index contributed by atoms with van der Waals surface area (Å²) in [5.41, 5.74) is 1.89. The zero-order chi connectivity index (χ0) is 18.9. The van der Waals surface area contributed by atoms with E-state index in [9.17, 15) is 9.59 Å². The minimum Gasteiger partial charge on any atom is -0.465 e. The maximum absolute atomic E-state index is 12.3. The number of hydrogen-bond acceptors (Lipinski definition) is 4. The zero-order valence-corrected chi connectivity index (χ0v) is 16.2. The first kappa shape index (κ1) is 19.7. The van der Waals surface area contributed by atoms with Crippen LogP contribution < -0.4 is 0 Å². The van der Waals surface area contributed by atoms with Crippen molar-refractivity contribution in [2.45, 2.75) is 19.8 Å². The van der Waals surface area contributed by atoms with Crippen LogP contribution in [0.4, 0.5) is 0 Å². The van der Waals surface area contributed by atoms with Crippen molar-refractivity contribution in [3.63, 3.8) is 0 Å². The summed E-state index contributed by atoms with van der Waals surface area (Å²) in [6.45, 7) is 3.75. The van der Waals surface area contributed by atoms with Crippen LogP contribution in [0.2, 0.25) is 0 Å². The molecule has 2 aromatic rings. The molecule has 0 bridgehead atoms. The van der Waals surface area contributed by atoms with Crippen LogP contribution in [0.15, 0.2) is 53.0 Å². The van der Waals surface area contributed by atoms with Gasteiger partial charge in [0.15, 0.2) is 5.92 Å². The summed E-state index contributed by atoms with van der Waals surface area (Å²) in [6.07, 6.45) is 0. The van der Waals surface area contributed by atoms with Crippen molar-refractivity contribution in [2.24, 2.45) is 0 Å². The van der Waals surface area contributed by atoms with Crippen LogP contribution in [0.1, 0.15) is 36.5 Å². The van der Waals surface area contributed by atoms with Crippen LogP contribution in [0.3, 0.4) is 0 Å². The maximum Gasteiger partial charge on any atom is 0.324 e. The molecule has 0 amide bonds. The summed E-state index contributed by atoms with van der Waals surface area (Å²) in [5, 5.41) is 0. The number of carbonyl (C=O) groups excluding carboxylic acids is 2. The fourth-order valence-electron chi connectivity index (χ4n) is 2.34. The first-order chi connectivity index (χ1) is 12.6. The molecule has 0 atom stereocenters. The molecule has 2 rings (SSSR count). The molecule has 26 heavy (non-hydrogen) atoms. The number of benzene rings is 2. The normalized spacial score (nSPS) is 10.0. The second-order valence-corrected chi connectivity index (χ2v) is 6.20. The Morgan fingerprint density at radius 2 is 1.50 bits per heavy atom. The highest BCUT2D eigenvalue weighted by atomic mass is 79.9. The van der Waals surface area contributed by atoms with Crippen LogP contribution >= 0.6 is 15.9 Å². The van der Waals surface area contributed by atoms with Crippen molar-refractivity contribution < 1.29 is 19.1 Å². The molecule has 0 unspecified atom stereocenters. The molecule has 0 radical (unpaired) electrons. The predicted octanol–water partition coefficient (Wildman–Crippen LogP) is 4.06. The Morgan fingerprint density at radius 3 is 2.08 bits per heavy atom. The molecule has 134 valence electrons. The Morgan fingerprint density at radius 1 is 0.923 bits per heavy atom. The summed E-state index contributed by atoms with van der Waals surface area (Å²) in [4.78, 5) is 24.7. The largest absolute Gasteiger partial charge is 0.465 e. The summed E-state index contributed by atoms with van der Waals surface area (Å²) in [5.74, 6) is 3.67. The van der Waals surface area contributed by atoms with Gasteiger partial charge in [-0.1, -0.05) is 46.0 Å². The molecule has 0 spiro atoms. The van der Waals surface area contributed by atoms with Gasteiger partial charge in [-0.2, -0.15) is 0 Å². The third-order valence-electron chi connectivity index (χ3n) is 3.50. The van der Waals surface area contributed by atoms with Crippen molar-refractivity contribution in [1.82, 2.24) is 0 Å². The second-order valence-electron chi connectivity index (χ2n) is 5.28. The van der Waals surface area contributed by atoms with Gasteiger partial charge in [0.05, 0.1) is 13.2 Å². The van der Waals surface area contributed by atoms with E-state index in [1.165, 1.54) is 0 Å². The highest BCUT2D eigenvalue weighted by Gasteiger charge is 2.32. The number of halogens is 1. The van der Waals surface area contributed by atoms with Crippen LogP contribution in [-0.4, -0.2) is 25.2 Å². The number of rotatable bonds is 5. The maximum atomic E-state index is 12.3. The first-order valence-corrected chi connectivity index (χ1v) is 9.05. The molecule has 0 aliphatic heterocycles. The average Bonchev–Trinajstić information content (AvgIpc) is 2.63. The second kappa shape index (κ2) is 9.79. The standard InChI is InChI=1S/C21H19BrO4/c1-3-25-20(23)19(21(24)26-4-2)18-8-6-5-7-16(18)12-9-15-10-13-17(22)14-11-15/h5-8,10-11,13-14,19H,3-4H2,1-2H3. The third-order valence-corrected chi connectivity index (χ3v) is 4.03. The minimum atomic E-state index is -1.15. The highest BCUT2D eigenvalue weighted by molar-refractivity contribution is 9.10. The Balaban J connectivity index is 2.43. The summed E-state index contributed by atoms with van der Waals surface area (Å²) in [6, 6.07) is 14.6. The molecule has 0 fully saturated rings. The van der Waals surface area contributed by atoms with Crippen LogP contribution in [0, 0.1) is 11.8 Å². The van der Waals surface area contributed by atoms with E-state index in [-0.39, 0.29) is 13.2 Å². The fourth-order valence-corrected chi connectivity index (χ4v) is 2.60. The van der Waals surface area contributed by atoms with E-state index >= 15 is 0 Å². The van der Waals surface area contributed by atoms with E-state index in [2.05, 4.69) is 27.8 Å². The van der Waals surface area contributed by atoms with Gasteiger partial charge in [0, 0.05) is 15.6 Å². The summed E-state index contributed by atoms with van der Waals surface area (Å²) >= 11 is 3.38. The van der Waals surface area contributed by atoms with Crippen molar-refractivity contribution in [1.29, 1.82) is 0 Å². The summed E-state index contributed by atoms with van der Waals surface area (Å²) in [7, 11) is 0. The number of esters is 2. The first-order valence-electron chi connectivity index (χ1n) is 8.26. The van der Waals surface area contributed by atoms with Gasteiger partial charge in [0.2, 0.25) is 0 Å². The Labute approximate surface area is 161 Å². The van der Waals surface area contributed by atoms with Gasteiger partial charge in [0.25, 0.3) is 0 Å². The van der Waals surface area contributed by atoms with Gasteiger partial charge in [-0.05, 0) is 49.7 Å². The topological polar surface area (TPSA) is 52.6 Å². The lowest BCUT2D eigenvalue weighted by Crippen LogP contribution is -2.26. The van der Waals surface area contributed by atoms with E-state index in [4.69, 9.17) is 9.47 Å².